The molecule has 0 aliphatic carbocycles. The molecule has 0 bridgehead atoms. The normalized spacial score (nSPS) is 13.1. The quantitative estimate of drug-likeness (QED) is 0.586. The third-order valence-electron chi connectivity index (χ3n) is 3.32. The number of amides is 1. The Morgan fingerprint density at radius 1 is 1.28 bits per heavy atom. The zero-order valence-corrected chi connectivity index (χ0v) is 12.5. The average Bonchev–Trinajstić information content (AvgIpc) is 2.34. The van der Waals surface area contributed by atoms with Crippen molar-refractivity contribution in [1.29, 1.82) is 0 Å². The van der Waals surface area contributed by atoms with E-state index in [1.54, 1.807) is 0 Å². The summed E-state index contributed by atoms with van der Waals surface area (Å²) in [5, 5.41) is 2.91. The highest BCUT2D eigenvalue weighted by Gasteiger charge is 2.11. The molecule has 0 aromatic rings. The lowest BCUT2D eigenvalue weighted by Crippen LogP contribution is -2.41. The average molecular weight is 257 g/mol. The van der Waals surface area contributed by atoms with Gasteiger partial charge in [-0.3, -0.25) is 4.79 Å². The predicted octanol–water partition coefficient (Wildman–Crippen LogP) is 1.74. The van der Waals surface area contributed by atoms with Crippen LogP contribution in [0, 0.1) is 0 Å². The van der Waals surface area contributed by atoms with Gasteiger partial charge in [-0.1, -0.05) is 19.8 Å². The van der Waals surface area contributed by atoms with Gasteiger partial charge >= 0.3 is 0 Å². The fraction of sp³-hybridized carbons (Fsp3) is 0.929. The molecule has 18 heavy (non-hydrogen) atoms. The van der Waals surface area contributed by atoms with Crippen molar-refractivity contribution < 1.29 is 4.79 Å². The first-order valence-electron chi connectivity index (χ1n) is 7.22. The van der Waals surface area contributed by atoms with Gasteiger partial charge < -0.3 is 16.0 Å². The lowest BCUT2D eigenvalue weighted by atomic mass is 10.1. The summed E-state index contributed by atoms with van der Waals surface area (Å²) < 4.78 is 0. The number of carbonyl (C=O) groups excluding carboxylic acids is 1. The van der Waals surface area contributed by atoms with E-state index in [1.807, 2.05) is 0 Å². The SMILES string of the molecule is CCCCC(N)C(=O)NCCCCN(C)C(C)C. The van der Waals surface area contributed by atoms with Gasteiger partial charge in [-0.2, -0.15) is 0 Å². The second-order valence-corrected chi connectivity index (χ2v) is 5.32. The summed E-state index contributed by atoms with van der Waals surface area (Å²) in [4.78, 5) is 13.9. The van der Waals surface area contributed by atoms with Crippen molar-refractivity contribution in [1.82, 2.24) is 10.2 Å². The summed E-state index contributed by atoms with van der Waals surface area (Å²) in [6.07, 6.45) is 5.02. The largest absolute Gasteiger partial charge is 0.355 e. The monoisotopic (exact) mass is 257 g/mol. The van der Waals surface area contributed by atoms with Crippen molar-refractivity contribution in [3.05, 3.63) is 0 Å². The first kappa shape index (κ1) is 17.4. The topological polar surface area (TPSA) is 58.4 Å². The number of nitrogens with zero attached hydrogens (tertiary/aromatic N) is 1. The molecule has 4 nitrogen and oxygen atoms in total. The summed E-state index contributed by atoms with van der Waals surface area (Å²) in [6.45, 7) is 8.30. The van der Waals surface area contributed by atoms with Crippen molar-refractivity contribution in [3.63, 3.8) is 0 Å². The lowest BCUT2D eigenvalue weighted by Gasteiger charge is -2.20. The van der Waals surface area contributed by atoms with Gasteiger partial charge in [0, 0.05) is 12.6 Å². The van der Waals surface area contributed by atoms with Crippen LogP contribution >= 0.6 is 0 Å². The van der Waals surface area contributed by atoms with Gasteiger partial charge in [-0.25, -0.2) is 0 Å². The number of unbranched alkanes of at least 4 members (excludes halogenated alkanes) is 2. The van der Waals surface area contributed by atoms with Crippen LogP contribution in [0.25, 0.3) is 0 Å². The second-order valence-electron chi connectivity index (χ2n) is 5.32. The highest BCUT2D eigenvalue weighted by Crippen LogP contribution is 1.99. The van der Waals surface area contributed by atoms with Crippen LogP contribution < -0.4 is 11.1 Å². The molecule has 0 aromatic carbocycles. The molecule has 0 aliphatic rings. The molecule has 4 heteroatoms. The molecule has 0 aliphatic heterocycles. The minimum absolute atomic E-state index is 0.000615. The molecule has 0 rings (SSSR count). The molecule has 0 heterocycles. The molecule has 0 spiro atoms. The Kier molecular flexibility index (Phi) is 9.98. The fourth-order valence-electron chi connectivity index (χ4n) is 1.64. The second kappa shape index (κ2) is 10.3. The molecule has 0 radical (unpaired) electrons. The van der Waals surface area contributed by atoms with Gasteiger partial charge in [0.25, 0.3) is 0 Å². The van der Waals surface area contributed by atoms with Crippen molar-refractivity contribution in [2.24, 2.45) is 5.73 Å². The van der Waals surface area contributed by atoms with E-state index >= 15 is 0 Å². The van der Waals surface area contributed by atoms with Crippen LogP contribution in [0.1, 0.15) is 52.9 Å². The maximum atomic E-state index is 11.6. The van der Waals surface area contributed by atoms with Gasteiger partial charge in [0.05, 0.1) is 6.04 Å². The van der Waals surface area contributed by atoms with Crippen molar-refractivity contribution >= 4 is 5.91 Å². The number of nitrogens with two attached hydrogens (primary N) is 1. The maximum Gasteiger partial charge on any atom is 0.236 e. The van der Waals surface area contributed by atoms with Crippen molar-refractivity contribution in [2.75, 3.05) is 20.1 Å². The molecular weight excluding hydrogens is 226 g/mol. The lowest BCUT2D eigenvalue weighted by molar-refractivity contribution is -0.122. The molecule has 0 aromatic heterocycles. The Balaban J connectivity index is 3.51. The summed E-state index contributed by atoms with van der Waals surface area (Å²) in [7, 11) is 2.13. The molecule has 1 atom stereocenters. The Hall–Kier alpha value is -0.610. The zero-order valence-electron chi connectivity index (χ0n) is 12.5. The number of nitrogens with one attached hydrogen (secondary N) is 1. The highest BCUT2D eigenvalue weighted by molar-refractivity contribution is 5.81. The summed E-state index contributed by atoms with van der Waals surface area (Å²) in [6, 6.07) is 0.255. The number of carbonyl (C=O) groups is 1. The Bertz CT molecular complexity index is 219. The number of hydrogen-bond acceptors (Lipinski definition) is 3. The van der Waals surface area contributed by atoms with Gasteiger partial charge in [0.2, 0.25) is 5.91 Å². The Labute approximate surface area is 112 Å². The molecule has 0 saturated carbocycles. The highest BCUT2D eigenvalue weighted by atomic mass is 16.2. The summed E-state index contributed by atoms with van der Waals surface area (Å²) in [5.74, 6) is 0.000615. The minimum atomic E-state index is -0.330. The van der Waals surface area contributed by atoms with E-state index in [4.69, 9.17) is 5.73 Å². The smallest absolute Gasteiger partial charge is 0.236 e. The molecule has 108 valence electrons. The third-order valence-corrected chi connectivity index (χ3v) is 3.32. The van der Waals surface area contributed by atoms with Crippen LogP contribution in [0.3, 0.4) is 0 Å². The molecular formula is C14H31N3O. The number of rotatable bonds is 10. The van der Waals surface area contributed by atoms with Crippen LogP contribution in [0.2, 0.25) is 0 Å². The zero-order chi connectivity index (χ0) is 14.0. The Morgan fingerprint density at radius 2 is 1.94 bits per heavy atom. The first-order valence-corrected chi connectivity index (χ1v) is 7.22. The van der Waals surface area contributed by atoms with Crippen LogP contribution in [-0.2, 0) is 4.79 Å². The molecule has 0 fully saturated rings. The van der Waals surface area contributed by atoms with Crippen LogP contribution in [0.4, 0.5) is 0 Å². The van der Waals surface area contributed by atoms with Gasteiger partial charge in [-0.05, 0) is 46.7 Å². The fourth-order valence-corrected chi connectivity index (χ4v) is 1.64. The summed E-state index contributed by atoms with van der Waals surface area (Å²) >= 11 is 0. The van der Waals surface area contributed by atoms with Crippen molar-refractivity contribution in [2.45, 2.75) is 65.0 Å². The van der Waals surface area contributed by atoms with E-state index in [1.165, 1.54) is 0 Å². The first-order chi connectivity index (χ1) is 8.49. The third kappa shape index (κ3) is 8.48. The van der Waals surface area contributed by atoms with E-state index in [0.717, 1.165) is 45.2 Å². The standard InChI is InChI=1S/C14H31N3O/c1-5-6-9-13(15)14(18)16-10-7-8-11-17(4)12(2)3/h12-13H,5-11,15H2,1-4H3,(H,16,18). The van der Waals surface area contributed by atoms with E-state index in [9.17, 15) is 4.79 Å². The van der Waals surface area contributed by atoms with Gasteiger partial charge in [0.1, 0.15) is 0 Å². The van der Waals surface area contributed by atoms with Gasteiger partial charge in [0.15, 0.2) is 0 Å². The number of hydrogen-bond donors (Lipinski definition) is 2. The van der Waals surface area contributed by atoms with Crippen LogP contribution in [0.15, 0.2) is 0 Å². The van der Waals surface area contributed by atoms with Gasteiger partial charge in [-0.15, -0.1) is 0 Å². The Morgan fingerprint density at radius 3 is 2.50 bits per heavy atom. The minimum Gasteiger partial charge on any atom is -0.355 e. The van der Waals surface area contributed by atoms with E-state index in [2.05, 4.69) is 38.0 Å². The summed E-state index contributed by atoms with van der Waals surface area (Å²) in [5.41, 5.74) is 5.79. The predicted molar refractivity (Wildman–Crippen MR) is 77.5 cm³/mol. The molecule has 3 N–H and O–H groups in total. The van der Waals surface area contributed by atoms with E-state index in [-0.39, 0.29) is 11.9 Å². The molecule has 1 amide bonds. The van der Waals surface area contributed by atoms with E-state index in [0.29, 0.717) is 6.04 Å². The van der Waals surface area contributed by atoms with Crippen LogP contribution in [-0.4, -0.2) is 43.0 Å². The molecule has 1 unspecified atom stereocenters. The molecule has 0 saturated heterocycles. The van der Waals surface area contributed by atoms with Crippen molar-refractivity contribution in [3.8, 4) is 0 Å². The maximum absolute atomic E-state index is 11.6. The van der Waals surface area contributed by atoms with Crippen LogP contribution in [0.5, 0.6) is 0 Å². The van der Waals surface area contributed by atoms with E-state index < -0.39 is 0 Å².